The van der Waals surface area contributed by atoms with Gasteiger partial charge in [0.1, 0.15) is 23.8 Å². The lowest BCUT2D eigenvalue weighted by Crippen LogP contribution is -2.37. The first-order valence-corrected chi connectivity index (χ1v) is 8.94. The summed E-state index contributed by atoms with van der Waals surface area (Å²) >= 11 is 1.49. The van der Waals surface area contributed by atoms with Gasteiger partial charge in [-0.2, -0.15) is 0 Å². The first-order chi connectivity index (χ1) is 12.5. The number of thiophene rings is 1. The zero-order valence-corrected chi connectivity index (χ0v) is 16.0. The molecule has 0 fully saturated rings. The molecule has 0 N–H and O–H groups in total. The first-order valence-electron chi connectivity index (χ1n) is 8.12. The second kappa shape index (κ2) is 7.29. The molecule has 1 aliphatic rings. The molecule has 3 rings (SSSR count). The number of methoxy groups -OCH3 is 2. The second-order valence-corrected chi connectivity index (χ2v) is 7.12. The van der Waals surface area contributed by atoms with Gasteiger partial charge in [-0.3, -0.25) is 19.5 Å². The Bertz CT molecular complexity index is 884. The number of fused-ring (bicyclic) bond motifs is 1. The molecule has 1 aliphatic heterocycles. The SMILES string of the molecule is COC(=O)CN1C(=O)CN=C(c2ccc(OC)cc2)c2c1sc(C)c2C. The minimum atomic E-state index is -0.457. The van der Waals surface area contributed by atoms with Crippen LogP contribution in [0.2, 0.25) is 0 Å². The van der Waals surface area contributed by atoms with Crippen LogP contribution in [-0.4, -0.2) is 44.9 Å². The number of aliphatic imine (C=N–C) groups is 1. The maximum atomic E-state index is 12.6. The average Bonchev–Trinajstić information content (AvgIpc) is 2.87. The number of amides is 1. The van der Waals surface area contributed by atoms with Crippen LogP contribution < -0.4 is 9.64 Å². The van der Waals surface area contributed by atoms with Crippen LogP contribution in [0.4, 0.5) is 5.00 Å². The van der Waals surface area contributed by atoms with Gasteiger partial charge in [-0.25, -0.2) is 0 Å². The smallest absolute Gasteiger partial charge is 0.325 e. The average molecular weight is 372 g/mol. The predicted molar refractivity (Wildman–Crippen MR) is 102 cm³/mol. The van der Waals surface area contributed by atoms with E-state index in [2.05, 4.69) is 4.99 Å². The Morgan fingerprint density at radius 1 is 1.23 bits per heavy atom. The van der Waals surface area contributed by atoms with Gasteiger partial charge in [0.15, 0.2) is 0 Å². The fourth-order valence-electron chi connectivity index (χ4n) is 2.84. The number of benzene rings is 1. The van der Waals surface area contributed by atoms with Crippen LogP contribution in [-0.2, 0) is 14.3 Å². The van der Waals surface area contributed by atoms with Crippen LogP contribution in [0.15, 0.2) is 29.3 Å². The van der Waals surface area contributed by atoms with Gasteiger partial charge < -0.3 is 9.47 Å². The molecule has 1 amide bonds. The molecule has 6 nitrogen and oxygen atoms in total. The lowest BCUT2D eigenvalue weighted by molar-refractivity contribution is -0.139. The van der Waals surface area contributed by atoms with Gasteiger partial charge in [-0.1, -0.05) is 0 Å². The van der Waals surface area contributed by atoms with Crippen molar-refractivity contribution in [3.05, 3.63) is 45.8 Å². The highest BCUT2D eigenvalue weighted by molar-refractivity contribution is 7.17. The number of rotatable bonds is 4. The van der Waals surface area contributed by atoms with E-state index in [0.29, 0.717) is 0 Å². The molecule has 0 saturated heterocycles. The monoisotopic (exact) mass is 372 g/mol. The van der Waals surface area contributed by atoms with Crippen molar-refractivity contribution >= 4 is 33.9 Å². The summed E-state index contributed by atoms with van der Waals surface area (Å²) in [6.45, 7) is 3.88. The fourth-order valence-corrected chi connectivity index (χ4v) is 4.01. The normalized spacial score (nSPS) is 13.8. The summed E-state index contributed by atoms with van der Waals surface area (Å²) < 4.78 is 9.97. The summed E-state index contributed by atoms with van der Waals surface area (Å²) in [6, 6.07) is 7.58. The van der Waals surface area contributed by atoms with Crippen molar-refractivity contribution in [1.29, 1.82) is 0 Å². The Morgan fingerprint density at radius 3 is 2.54 bits per heavy atom. The predicted octanol–water partition coefficient (Wildman–Crippen LogP) is 2.73. The number of esters is 1. The van der Waals surface area contributed by atoms with E-state index < -0.39 is 5.97 Å². The molecule has 1 aromatic carbocycles. The Morgan fingerprint density at radius 2 is 1.92 bits per heavy atom. The summed E-state index contributed by atoms with van der Waals surface area (Å²) in [4.78, 5) is 31.6. The Hall–Kier alpha value is -2.67. The van der Waals surface area contributed by atoms with E-state index in [0.717, 1.165) is 38.0 Å². The highest BCUT2D eigenvalue weighted by Gasteiger charge is 2.30. The largest absolute Gasteiger partial charge is 0.497 e. The molecule has 7 heteroatoms. The number of aryl methyl sites for hydroxylation is 1. The third-order valence-corrected chi connectivity index (χ3v) is 5.63. The van der Waals surface area contributed by atoms with Crippen molar-refractivity contribution in [3.8, 4) is 5.75 Å². The van der Waals surface area contributed by atoms with Crippen LogP contribution >= 0.6 is 11.3 Å². The fraction of sp³-hybridized carbons (Fsp3) is 0.316. The van der Waals surface area contributed by atoms with Crippen molar-refractivity contribution in [2.24, 2.45) is 4.99 Å². The molecule has 0 bridgehead atoms. The number of hydrogen-bond donors (Lipinski definition) is 0. The number of carbonyl (C=O) groups is 2. The van der Waals surface area contributed by atoms with E-state index in [1.165, 1.54) is 23.3 Å². The minimum absolute atomic E-state index is 0.0156. The van der Waals surface area contributed by atoms with E-state index in [1.54, 1.807) is 7.11 Å². The molecule has 0 saturated carbocycles. The quantitative estimate of drug-likeness (QED) is 0.774. The Balaban J connectivity index is 2.12. The van der Waals surface area contributed by atoms with Crippen LogP contribution in [0.1, 0.15) is 21.6 Å². The van der Waals surface area contributed by atoms with Gasteiger partial charge in [-0.15, -0.1) is 11.3 Å². The topological polar surface area (TPSA) is 68.2 Å². The van der Waals surface area contributed by atoms with E-state index in [4.69, 9.17) is 9.47 Å². The van der Waals surface area contributed by atoms with Gasteiger partial charge in [0.25, 0.3) is 0 Å². The van der Waals surface area contributed by atoms with Gasteiger partial charge in [0.2, 0.25) is 5.91 Å². The standard InChI is InChI=1S/C19H20N2O4S/c1-11-12(2)26-19-17(11)18(13-5-7-14(24-3)8-6-13)20-9-15(22)21(19)10-16(23)25-4/h5-8H,9-10H2,1-4H3. The highest BCUT2D eigenvalue weighted by Crippen LogP contribution is 2.38. The molecule has 2 heterocycles. The lowest BCUT2D eigenvalue weighted by atomic mass is 10.00. The maximum Gasteiger partial charge on any atom is 0.325 e. The molecule has 26 heavy (non-hydrogen) atoms. The Labute approximate surface area is 156 Å². The molecule has 1 aromatic heterocycles. The zero-order chi connectivity index (χ0) is 18.8. The molecule has 0 aliphatic carbocycles. The summed E-state index contributed by atoms with van der Waals surface area (Å²) in [7, 11) is 2.93. The first kappa shape index (κ1) is 18.1. The molecular formula is C19H20N2O4S. The van der Waals surface area contributed by atoms with Gasteiger partial charge in [0, 0.05) is 16.0 Å². The molecule has 0 spiro atoms. The van der Waals surface area contributed by atoms with Crippen LogP contribution in [0.25, 0.3) is 0 Å². The van der Waals surface area contributed by atoms with Gasteiger partial charge in [-0.05, 0) is 43.7 Å². The van der Waals surface area contributed by atoms with Crippen LogP contribution in [0.3, 0.4) is 0 Å². The van der Waals surface area contributed by atoms with Crippen molar-refractivity contribution in [1.82, 2.24) is 0 Å². The van der Waals surface area contributed by atoms with Crippen LogP contribution in [0, 0.1) is 13.8 Å². The van der Waals surface area contributed by atoms with E-state index >= 15 is 0 Å². The Kier molecular flexibility index (Phi) is 5.08. The third kappa shape index (κ3) is 3.22. The molecule has 0 atom stereocenters. The number of carbonyl (C=O) groups excluding carboxylic acids is 2. The summed E-state index contributed by atoms with van der Waals surface area (Å²) in [5.41, 5.74) is 3.61. The number of hydrogen-bond acceptors (Lipinski definition) is 6. The maximum absolute atomic E-state index is 12.6. The highest BCUT2D eigenvalue weighted by atomic mass is 32.1. The number of ether oxygens (including phenoxy) is 2. The van der Waals surface area contributed by atoms with Gasteiger partial charge in [0.05, 0.1) is 19.9 Å². The second-order valence-electron chi connectivity index (χ2n) is 5.91. The van der Waals surface area contributed by atoms with Crippen molar-refractivity contribution in [3.63, 3.8) is 0 Å². The van der Waals surface area contributed by atoms with Gasteiger partial charge >= 0.3 is 5.97 Å². The third-order valence-electron chi connectivity index (χ3n) is 4.40. The van der Waals surface area contributed by atoms with Crippen molar-refractivity contribution in [2.75, 3.05) is 32.2 Å². The summed E-state index contributed by atoms with van der Waals surface area (Å²) in [6.07, 6.45) is 0. The minimum Gasteiger partial charge on any atom is -0.497 e. The van der Waals surface area contributed by atoms with Crippen molar-refractivity contribution < 1.29 is 19.1 Å². The summed E-state index contributed by atoms with van der Waals surface area (Å²) in [5, 5.41) is 0.738. The van der Waals surface area contributed by atoms with E-state index in [-0.39, 0.29) is 19.0 Å². The zero-order valence-electron chi connectivity index (χ0n) is 15.2. The van der Waals surface area contributed by atoms with Crippen LogP contribution in [0.5, 0.6) is 5.75 Å². The van der Waals surface area contributed by atoms with E-state index in [1.807, 2.05) is 38.1 Å². The number of nitrogens with zero attached hydrogens (tertiary/aromatic N) is 2. The molecule has 0 unspecified atom stereocenters. The van der Waals surface area contributed by atoms with E-state index in [9.17, 15) is 9.59 Å². The van der Waals surface area contributed by atoms with Crippen molar-refractivity contribution in [2.45, 2.75) is 13.8 Å². The molecular weight excluding hydrogens is 352 g/mol. The summed E-state index contributed by atoms with van der Waals surface area (Å²) in [5.74, 6) is 0.0760. The molecule has 136 valence electrons. The lowest BCUT2D eigenvalue weighted by Gasteiger charge is -2.19. The number of anilines is 1. The molecule has 0 radical (unpaired) electrons. The molecule has 2 aromatic rings.